The molecule has 1 atom stereocenters. The first-order valence-corrected chi connectivity index (χ1v) is 7.18. The maximum absolute atomic E-state index is 6.52. The Bertz CT molecular complexity index is 563. The van der Waals surface area contributed by atoms with Gasteiger partial charge in [-0.05, 0) is 44.5 Å². The largest absolute Gasteiger partial charge is 0.490 e. The summed E-state index contributed by atoms with van der Waals surface area (Å²) < 4.78 is 16.5. The highest BCUT2D eigenvalue weighted by Gasteiger charge is 2.17. The van der Waals surface area contributed by atoms with E-state index in [-0.39, 0.29) is 5.38 Å². The van der Waals surface area contributed by atoms with Crippen LogP contribution in [0.3, 0.4) is 0 Å². The second kappa shape index (κ2) is 6.71. The van der Waals surface area contributed by atoms with E-state index < -0.39 is 0 Å². The Hall–Kier alpha value is -1.61. The zero-order valence-corrected chi connectivity index (χ0v) is 12.7. The fourth-order valence-corrected chi connectivity index (χ4v) is 2.42. The van der Waals surface area contributed by atoms with Crippen LogP contribution in [0.15, 0.2) is 34.9 Å². The highest BCUT2D eigenvalue weighted by molar-refractivity contribution is 6.22. The van der Waals surface area contributed by atoms with Crippen molar-refractivity contribution in [3.63, 3.8) is 0 Å². The van der Waals surface area contributed by atoms with Crippen LogP contribution < -0.4 is 9.47 Å². The van der Waals surface area contributed by atoms with Crippen molar-refractivity contribution < 1.29 is 13.9 Å². The van der Waals surface area contributed by atoms with Crippen LogP contribution in [0.25, 0.3) is 0 Å². The van der Waals surface area contributed by atoms with Gasteiger partial charge in [-0.2, -0.15) is 0 Å². The molecule has 0 amide bonds. The number of benzene rings is 1. The van der Waals surface area contributed by atoms with Gasteiger partial charge in [0.2, 0.25) is 0 Å². The minimum atomic E-state index is -0.261. The molecule has 0 aliphatic carbocycles. The number of aryl methyl sites for hydroxylation is 1. The first-order chi connectivity index (χ1) is 9.67. The smallest absolute Gasteiger partial charge is 0.161 e. The number of hydrogen-bond donors (Lipinski definition) is 0. The van der Waals surface area contributed by atoms with Gasteiger partial charge in [0.05, 0.1) is 24.9 Å². The van der Waals surface area contributed by atoms with Crippen molar-refractivity contribution in [2.45, 2.75) is 26.1 Å². The zero-order chi connectivity index (χ0) is 14.5. The standard InChI is InChI=1S/C16H19ClO3/c1-4-18-14-7-6-12(10-15(14)19-5-2)16(17)13-8-9-20-11(13)3/h6-10,16H,4-5H2,1-3H3. The predicted octanol–water partition coefficient (Wildman–Crippen LogP) is 4.71. The van der Waals surface area contributed by atoms with Crippen molar-refractivity contribution in [2.24, 2.45) is 0 Å². The zero-order valence-electron chi connectivity index (χ0n) is 12.0. The summed E-state index contributed by atoms with van der Waals surface area (Å²) in [6.45, 7) is 6.98. The maximum atomic E-state index is 6.52. The van der Waals surface area contributed by atoms with Crippen molar-refractivity contribution in [3.05, 3.63) is 47.4 Å². The molecule has 1 unspecified atom stereocenters. The van der Waals surface area contributed by atoms with E-state index in [4.69, 9.17) is 25.5 Å². The highest BCUT2D eigenvalue weighted by atomic mass is 35.5. The van der Waals surface area contributed by atoms with E-state index in [1.54, 1.807) is 6.26 Å². The molecule has 1 heterocycles. The number of halogens is 1. The lowest BCUT2D eigenvalue weighted by Crippen LogP contribution is -2.00. The van der Waals surface area contributed by atoms with Crippen LogP contribution >= 0.6 is 11.6 Å². The number of alkyl halides is 1. The molecule has 108 valence electrons. The van der Waals surface area contributed by atoms with Crippen molar-refractivity contribution in [1.29, 1.82) is 0 Å². The van der Waals surface area contributed by atoms with E-state index in [1.807, 2.05) is 45.0 Å². The Labute approximate surface area is 124 Å². The minimum Gasteiger partial charge on any atom is -0.490 e. The van der Waals surface area contributed by atoms with Crippen molar-refractivity contribution in [3.8, 4) is 11.5 Å². The summed E-state index contributed by atoms with van der Waals surface area (Å²) in [7, 11) is 0. The number of furan rings is 1. The Morgan fingerprint density at radius 1 is 1.10 bits per heavy atom. The van der Waals surface area contributed by atoms with Crippen LogP contribution in [0.5, 0.6) is 11.5 Å². The molecule has 0 spiro atoms. The molecule has 0 N–H and O–H groups in total. The lowest BCUT2D eigenvalue weighted by Gasteiger charge is -2.15. The molecule has 20 heavy (non-hydrogen) atoms. The quantitative estimate of drug-likeness (QED) is 0.723. The normalized spacial score (nSPS) is 12.2. The van der Waals surface area contributed by atoms with E-state index in [9.17, 15) is 0 Å². The molecule has 0 radical (unpaired) electrons. The molecule has 1 aromatic heterocycles. The van der Waals surface area contributed by atoms with Crippen LogP contribution in [0.2, 0.25) is 0 Å². The van der Waals surface area contributed by atoms with Crippen molar-refractivity contribution in [2.75, 3.05) is 13.2 Å². The van der Waals surface area contributed by atoms with Gasteiger partial charge in [0.1, 0.15) is 5.76 Å². The average Bonchev–Trinajstić information content (AvgIpc) is 2.86. The highest BCUT2D eigenvalue weighted by Crippen LogP contribution is 2.36. The molecule has 0 bridgehead atoms. The van der Waals surface area contributed by atoms with Gasteiger partial charge in [0.25, 0.3) is 0 Å². The van der Waals surface area contributed by atoms with Gasteiger partial charge in [0.15, 0.2) is 11.5 Å². The summed E-state index contributed by atoms with van der Waals surface area (Å²) in [6.07, 6.45) is 1.65. The summed E-state index contributed by atoms with van der Waals surface area (Å²) in [4.78, 5) is 0. The lowest BCUT2D eigenvalue weighted by atomic mass is 10.0. The molecule has 3 nitrogen and oxygen atoms in total. The van der Waals surface area contributed by atoms with Crippen LogP contribution in [0, 0.1) is 6.92 Å². The number of hydrogen-bond acceptors (Lipinski definition) is 3. The van der Waals surface area contributed by atoms with Crippen LogP contribution in [-0.2, 0) is 0 Å². The van der Waals surface area contributed by atoms with E-state index in [0.29, 0.717) is 13.2 Å². The van der Waals surface area contributed by atoms with Crippen molar-refractivity contribution >= 4 is 11.6 Å². The molecule has 0 aliphatic rings. The number of rotatable bonds is 6. The molecule has 0 saturated carbocycles. The monoisotopic (exact) mass is 294 g/mol. The molecule has 1 aromatic carbocycles. The van der Waals surface area contributed by atoms with E-state index in [0.717, 1.165) is 28.4 Å². The molecule has 2 rings (SSSR count). The molecule has 0 aliphatic heterocycles. The average molecular weight is 295 g/mol. The van der Waals surface area contributed by atoms with Gasteiger partial charge < -0.3 is 13.9 Å². The van der Waals surface area contributed by atoms with Gasteiger partial charge in [0, 0.05) is 5.56 Å². The molecular weight excluding hydrogens is 276 g/mol. The van der Waals surface area contributed by atoms with Crippen LogP contribution in [-0.4, -0.2) is 13.2 Å². The predicted molar refractivity (Wildman–Crippen MR) is 79.9 cm³/mol. The fraction of sp³-hybridized carbons (Fsp3) is 0.375. The molecule has 2 aromatic rings. The summed E-state index contributed by atoms with van der Waals surface area (Å²) in [5.74, 6) is 2.29. The van der Waals surface area contributed by atoms with Gasteiger partial charge >= 0.3 is 0 Å². The number of ether oxygens (including phenoxy) is 2. The van der Waals surface area contributed by atoms with E-state index in [2.05, 4.69) is 0 Å². The Kier molecular flexibility index (Phi) is 4.96. The topological polar surface area (TPSA) is 31.6 Å². The van der Waals surface area contributed by atoms with Gasteiger partial charge in [-0.25, -0.2) is 0 Å². The molecular formula is C16H19ClO3. The van der Waals surface area contributed by atoms with Gasteiger partial charge in [-0.1, -0.05) is 6.07 Å². The third kappa shape index (κ3) is 3.10. The van der Waals surface area contributed by atoms with Crippen LogP contribution in [0.1, 0.15) is 36.1 Å². The molecule has 4 heteroatoms. The summed E-state index contributed by atoms with van der Waals surface area (Å²) >= 11 is 6.52. The third-order valence-electron chi connectivity index (χ3n) is 3.03. The Morgan fingerprint density at radius 2 is 1.80 bits per heavy atom. The minimum absolute atomic E-state index is 0.261. The van der Waals surface area contributed by atoms with Crippen LogP contribution in [0.4, 0.5) is 0 Å². The summed E-state index contributed by atoms with van der Waals surface area (Å²) in [5, 5.41) is -0.261. The third-order valence-corrected chi connectivity index (χ3v) is 3.52. The second-order valence-corrected chi connectivity index (χ2v) is 4.80. The second-order valence-electron chi connectivity index (χ2n) is 4.37. The summed E-state index contributed by atoms with van der Waals surface area (Å²) in [5.41, 5.74) is 1.93. The molecule has 0 fully saturated rings. The van der Waals surface area contributed by atoms with E-state index >= 15 is 0 Å². The SMILES string of the molecule is CCOc1ccc(C(Cl)c2ccoc2C)cc1OCC. The van der Waals surface area contributed by atoms with Gasteiger partial charge in [-0.15, -0.1) is 11.6 Å². The molecule has 0 saturated heterocycles. The maximum Gasteiger partial charge on any atom is 0.161 e. The lowest BCUT2D eigenvalue weighted by molar-refractivity contribution is 0.287. The van der Waals surface area contributed by atoms with Crippen molar-refractivity contribution in [1.82, 2.24) is 0 Å². The summed E-state index contributed by atoms with van der Waals surface area (Å²) in [6, 6.07) is 7.68. The first-order valence-electron chi connectivity index (χ1n) is 6.75. The Balaban J connectivity index is 2.32. The van der Waals surface area contributed by atoms with Gasteiger partial charge in [-0.3, -0.25) is 0 Å². The Morgan fingerprint density at radius 3 is 2.40 bits per heavy atom. The fourth-order valence-electron chi connectivity index (χ4n) is 2.06. The van der Waals surface area contributed by atoms with E-state index in [1.165, 1.54) is 0 Å². The first kappa shape index (κ1) is 14.8.